The molecule has 5 heteroatoms. The number of hydrogen-bond donors (Lipinski definition) is 0. The molecule has 1 aromatic rings. The van der Waals surface area contributed by atoms with E-state index in [-0.39, 0.29) is 11.9 Å². The van der Waals surface area contributed by atoms with Crippen molar-refractivity contribution in [3.05, 3.63) is 35.6 Å². The fourth-order valence-electron chi connectivity index (χ4n) is 1.83. The second-order valence-corrected chi connectivity index (χ2v) is 4.83. The van der Waals surface area contributed by atoms with E-state index in [4.69, 9.17) is 5.26 Å². The Hall–Kier alpha value is -1.54. The van der Waals surface area contributed by atoms with E-state index in [9.17, 15) is 4.39 Å². The van der Waals surface area contributed by atoms with Crippen LogP contribution in [0.15, 0.2) is 29.3 Å². The Kier molecular flexibility index (Phi) is 3.64. The van der Waals surface area contributed by atoms with Gasteiger partial charge in [-0.2, -0.15) is 5.26 Å². The lowest BCUT2D eigenvalue weighted by molar-refractivity contribution is 0.370. The van der Waals surface area contributed by atoms with Gasteiger partial charge in [0.15, 0.2) is 5.17 Å². The molecular formula is C12H12FN3S. The number of aliphatic imine (C=N–C) groups is 1. The summed E-state index contributed by atoms with van der Waals surface area (Å²) in [4.78, 5) is 5.88. The molecule has 1 aliphatic heterocycles. The topological polar surface area (TPSA) is 39.4 Å². The van der Waals surface area contributed by atoms with Gasteiger partial charge in [-0.3, -0.25) is 0 Å². The van der Waals surface area contributed by atoms with Crippen molar-refractivity contribution in [2.45, 2.75) is 13.0 Å². The van der Waals surface area contributed by atoms with Gasteiger partial charge in [0.2, 0.25) is 6.19 Å². The number of nitriles is 1. The first-order valence-electron chi connectivity index (χ1n) is 5.34. The lowest BCUT2D eigenvalue weighted by Gasteiger charge is -2.25. The molecule has 1 aromatic carbocycles. The van der Waals surface area contributed by atoms with Crippen LogP contribution >= 0.6 is 11.8 Å². The van der Waals surface area contributed by atoms with Crippen LogP contribution in [0.3, 0.4) is 0 Å². The van der Waals surface area contributed by atoms with Gasteiger partial charge in [-0.1, -0.05) is 23.9 Å². The molecule has 0 aromatic heterocycles. The number of amidine groups is 1. The molecule has 0 amide bonds. The zero-order valence-corrected chi connectivity index (χ0v) is 10.2. The largest absolute Gasteiger partial charge is 0.343 e. The van der Waals surface area contributed by atoms with Gasteiger partial charge >= 0.3 is 0 Å². The molecule has 1 aliphatic rings. The van der Waals surface area contributed by atoms with E-state index in [0.717, 1.165) is 23.0 Å². The fraction of sp³-hybridized carbons (Fsp3) is 0.333. The molecule has 0 N–H and O–H groups in total. The number of halogens is 1. The van der Waals surface area contributed by atoms with Crippen molar-refractivity contribution in [3.63, 3.8) is 0 Å². The molecule has 0 aliphatic carbocycles. The van der Waals surface area contributed by atoms with Crippen molar-refractivity contribution in [1.82, 2.24) is 4.90 Å². The average molecular weight is 249 g/mol. The summed E-state index contributed by atoms with van der Waals surface area (Å²) < 4.78 is 12.8. The highest BCUT2D eigenvalue weighted by atomic mass is 32.2. The van der Waals surface area contributed by atoms with Crippen LogP contribution in [0, 0.1) is 17.3 Å². The third kappa shape index (κ3) is 2.59. The number of nitrogens with zero attached hydrogens (tertiary/aromatic N) is 3. The Morgan fingerprint density at radius 1 is 1.47 bits per heavy atom. The molecule has 0 radical (unpaired) electrons. The second kappa shape index (κ2) is 5.19. The Balaban J connectivity index is 2.20. The minimum absolute atomic E-state index is 0.109. The van der Waals surface area contributed by atoms with Crippen LogP contribution in [-0.2, 0) is 0 Å². The highest BCUT2D eigenvalue weighted by Gasteiger charge is 2.25. The molecule has 1 heterocycles. The Morgan fingerprint density at radius 3 is 2.82 bits per heavy atom. The van der Waals surface area contributed by atoms with Crippen LogP contribution in [-0.4, -0.2) is 22.4 Å². The first kappa shape index (κ1) is 11.9. The summed E-state index contributed by atoms with van der Waals surface area (Å²) in [5.74, 6) is 0.703. The lowest BCUT2D eigenvalue weighted by Crippen LogP contribution is -2.27. The van der Waals surface area contributed by atoms with Gasteiger partial charge < -0.3 is 4.90 Å². The number of rotatable bonds is 2. The molecule has 1 atom stereocenters. The molecule has 2 rings (SSSR count). The van der Waals surface area contributed by atoms with Crippen molar-refractivity contribution in [2.24, 2.45) is 4.99 Å². The van der Waals surface area contributed by atoms with Gasteiger partial charge in [0.05, 0.1) is 6.04 Å². The van der Waals surface area contributed by atoms with E-state index in [1.165, 1.54) is 12.1 Å². The fourth-order valence-corrected chi connectivity index (χ4v) is 2.82. The molecule has 0 saturated carbocycles. The zero-order valence-electron chi connectivity index (χ0n) is 9.43. The molecule has 88 valence electrons. The van der Waals surface area contributed by atoms with E-state index >= 15 is 0 Å². The number of benzene rings is 1. The lowest BCUT2D eigenvalue weighted by atomic mass is 10.1. The normalized spacial score (nSPS) is 19.4. The Labute approximate surface area is 104 Å². The predicted octanol–water partition coefficient (Wildman–Crippen LogP) is 2.77. The molecule has 3 nitrogen and oxygen atoms in total. The van der Waals surface area contributed by atoms with Gasteiger partial charge in [-0.15, -0.1) is 4.99 Å². The first-order valence-corrected chi connectivity index (χ1v) is 6.32. The van der Waals surface area contributed by atoms with Gasteiger partial charge in [0.25, 0.3) is 0 Å². The molecular weight excluding hydrogens is 237 g/mol. The second-order valence-electron chi connectivity index (χ2n) is 3.76. The van der Waals surface area contributed by atoms with E-state index in [1.54, 1.807) is 23.9 Å². The Morgan fingerprint density at radius 2 is 2.18 bits per heavy atom. The molecule has 1 fully saturated rings. The maximum atomic E-state index is 12.8. The molecule has 0 bridgehead atoms. The summed E-state index contributed by atoms with van der Waals surface area (Å²) in [6.45, 7) is 2.90. The standard InChI is InChI=1S/C12H12FN3S/c1-9(10-2-4-11(13)5-3-10)16-6-7-17-12(16)15-8-14/h2-5,9H,6-7H2,1H3. The number of hydrogen-bond acceptors (Lipinski definition) is 3. The van der Waals surface area contributed by atoms with Gasteiger partial charge in [0.1, 0.15) is 5.82 Å². The average Bonchev–Trinajstić information content (AvgIpc) is 2.78. The third-order valence-corrected chi connectivity index (χ3v) is 3.75. The van der Waals surface area contributed by atoms with Gasteiger partial charge in [-0.05, 0) is 24.6 Å². The van der Waals surface area contributed by atoms with Crippen LogP contribution in [0.4, 0.5) is 4.39 Å². The first-order chi connectivity index (χ1) is 8.22. The van der Waals surface area contributed by atoms with Crippen LogP contribution < -0.4 is 0 Å². The maximum absolute atomic E-state index is 12.8. The van der Waals surface area contributed by atoms with Crippen LogP contribution in [0.1, 0.15) is 18.5 Å². The summed E-state index contributed by atoms with van der Waals surface area (Å²) in [6, 6.07) is 6.56. The SMILES string of the molecule is CC(c1ccc(F)cc1)N1CCSC1=NC#N. The third-order valence-electron chi connectivity index (χ3n) is 2.77. The van der Waals surface area contributed by atoms with E-state index in [2.05, 4.69) is 9.89 Å². The quantitative estimate of drug-likeness (QED) is 0.757. The van der Waals surface area contributed by atoms with Gasteiger partial charge in [0, 0.05) is 12.3 Å². The zero-order chi connectivity index (χ0) is 12.3. The van der Waals surface area contributed by atoms with Crippen molar-refractivity contribution in [2.75, 3.05) is 12.3 Å². The van der Waals surface area contributed by atoms with Crippen LogP contribution in [0.25, 0.3) is 0 Å². The van der Waals surface area contributed by atoms with Crippen LogP contribution in [0.2, 0.25) is 0 Å². The van der Waals surface area contributed by atoms with E-state index < -0.39 is 0 Å². The Bertz CT molecular complexity index is 464. The smallest absolute Gasteiger partial charge is 0.208 e. The summed E-state index contributed by atoms with van der Waals surface area (Å²) >= 11 is 1.58. The monoisotopic (exact) mass is 249 g/mol. The molecule has 1 saturated heterocycles. The van der Waals surface area contributed by atoms with E-state index in [0.29, 0.717) is 0 Å². The molecule has 1 unspecified atom stereocenters. The maximum Gasteiger partial charge on any atom is 0.208 e. The summed E-state index contributed by atoms with van der Waals surface area (Å²) in [5, 5.41) is 9.36. The minimum Gasteiger partial charge on any atom is -0.343 e. The van der Waals surface area contributed by atoms with Crippen molar-refractivity contribution < 1.29 is 4.39 Å². The predicted molar refractivity (Wildman–Crippen MR) is 67.0 cm³/mol. The summed E-state index contributed by atoms with van der Waals surface area (Å²) in [6.07, 6.45) is 1.82. The summed E-state index contributed by atoms with van der Waals surface area (Å²) in [5.41, 5.74) is 1.03. The molecule has 0 spiro atoms. The van der Waals surface area contributed by atoms with Gasteiger partial charge in [-0.25, -0.2) is 4.39 Å². The molecule has 17 heavy (non-hydrogen) atoms. The highest BCUT2D eigenvalue weighted by Crippen LogP contribution is 2.28. The van der Waals surface area contributed by atoms with Crippen molar-refractivity contribution in [1.29, 1.82) is 5.26 Å². The van der Waals surface area contributed by atoms with Crippen molar-refractivity contribution >= 4 is 16.9 Å². The summed E-state index contributed by atoms with van der Waals surface area (Å²) in [7, 11) is 0. The minimum atomic E-state index is -0.234. The van der Waals surface area contributed by atoms with E-state index in [1.807, 2.05) is 13.1 Å². The van der Waals surface area contributed by atoms with Crippen molar-refractivity contribution in [3.8, 4) is 6.19 Å². The highest BCUT2D eigenvalue weighted by molar-refractivity contribution is 8.14. The number of thioether (sulfide) groups is 1. The van der Waals surface area contributed by atoms with Crippen LogP contribution in [0.5, 0.6) is 0 Å².